The van der Waals surface area contributed by atoms with Crippen molar-refractivity contribution in [1.82, 2.24) is 5.32 Å². The van der Waals surface area contributed by atoms with Gasteiger partial charge in [-0.05, 0) is 49.4 Å². The summed E-state index contributed by atoms with van der Waals surface area (Å²) in [6.45, 7) is 4.28. The van der Waals surface area contributed by atoms with E-state index in [0.717, 1.165) is 25.4 Å². The van der Waals surface area contributed by atoms with Crippen molar-refractivity contribution in [3.63, 3.8) is 0 Å². The first-order valence-corrected chi connectivity index (χ1v) is 6.87. The maximum Gasteiger partial charge on any atom is -0.00143 e. The van der Waals surface area contributed by atoms with Crippen LogP contribution in [0.5, 0.6) is 0 Å². The van der Waals surface area contributed by atoms with Crippen molar-refractivity contribution in [2.24, 2.45) is 0 Å². The number of rotatable bonds is 6. The van der Waals surface area contributed by atoms with E-state index in [-0.39, 0.29) is 0 Å². The molecule has 0 bridgehead atoms. The van der Waals surface area contributed by atoms with Gasteiger partial charge in [-0.25, -0.2) is 0 Å². The van der Waals surface area contributed by atoms with Gasteiger partial charge in [-0.2, -0.15) is 0 Å². The van der Waals surface area contributed by atoms with Gasteiger partial charge < -0.3 is 5.32 Å². The molecule has 0 aromatic heterocycles. The van der Waals surface area contributed by atoms with Gasteiger partial charge in [0.25, 0.3) is 0 Å². The van der Waals surface area contributed by atoms with Gasteiger partial charge in [0.2, 0.25) is 0 Å². The molecule has 0 spiro atoms. The van der Waals surface area contributed by atoms with Crippen molar-refractivity contribution >= 4 is 6.08 Å². The van der Waals surface area contributed by atoms with Crippen molar-refractivity contribution in [2.45, 2.75) is 38.5 Å². The Morgan fingerprint density at radius 3 is 2.59 bits per heavy atom. The molecule has 92 valence electrons. The second-order valence-corrected chi connectivity index (χ2v) is 4.84. The summed E-state index contributed by atoms with van der Waals surface area (Å²) in [4.78, 5) is 0. The second-order valence-electron chi connectivity index (χ2n) is 4.84. The Kier molecular flexibility index (Phi) is 4.81. The van der Waals surface area contributed by atoms with E-state index >= 15 is 0 Å². The third-order valence-corrected chi connectivity index (χ3v) is 3.56. The first-order chi connectivity index (χ1) is 8.40. The lowest BCUT2D eigenvalue weighted by atomic mass is 9.80. The van der Waals surface area contributed by atoms with E-state index in [2.05, 4.69) is 48.7 Å². The van der Waals surface area contributed by atoms with Gasteiger partial charge in [0.05, 0.1) is 0 Å². The van der Waals surface area contributed by atoms with Crippen LogP contribution in [0.1, 0.15) is 49.7 Å². The highest BCUT2D eigenvalue weighted by Crippen LogP contribution is 2.36. The molecule has 0 amide bonds. The fraction of sp³-hybridized carbons (Fsp3) is 0.500. The molecule has 0 heterocycles. The molecule has 1 aromatic rings. The number of hydrogen-bond donors (Lipinski definition) is 1. The van der Waals surface area contributed by atoms with Crippen LogP contribution in [0.4, 0.5) is 0 Å². The van der Waals surface area contributed by atoms with Gasteiger partial charge in [0.15, 0.2) is 0 Å². The van der Waals surface area contributed by atoms with E-state index in [1.807, 2.05) is 0 Å². The van der Waals surface area contributed by atoms with Gasteiger partial charge in [0, 0.05) is 0 Å². The third kappa shape index (κ3) is 3.71. The molecular formula is C16H23N. The van der Waals surface area contributed by atoms with Crippen LogP contribution in [-0.2, 0) is 0 Å². The maximum atomic E-state index is 3.32. The van der Waals surface area contributed by atoms with Crippen LogP contribution in [0, 0.1) is 0 Å². The van der Waals surface area contributed by atoms with Gasteiger partial charge in [-0.15, -0.1) is 0 Å². The highest BCUT2D eigenvalue weighted by molar-refractivity contribution is 5.50. The Balaban J connectivity index is 1.80. The molecule has 1 heteroatoms. The van der Waals surface area contributed by atoms with Crippen molar-refractivity contribution in [3.8, 4) is 0 Å². The van der Waals surface area contributed by atoms with E-state index in [0.29, 0.717) is 0 Å². The fourth-order valence-corrected chi connectivity index (χ4v) is 2.20. The highest BCUT2D eigenvalue weighted by Gasteiger charge is 2.18. The Labute approximate surface area is 105 Å². The quantitative estimate of drug-likeness (QED) is 0.728. The maximum absolute atomic E-state index is 3.32. The lowest BCUT2D eigenvalue weighted by Gasteiger charge is -2.25. The van der Waals surface area contributed by atoms with Gasteiger partial charge in [-0.1, -0.05) is 49.8 Å². The Bertz CT molecular complexity index is 346. The topological polar surface area (TPSA) is 12.0 Å². The molecule has 0 saturated heterocycles. The lowest BCUT2D eigenvalue weighted by Crippen LogP contribution is -2.12. The lowest BCUT2D eigenvalue weighted by molar-refractivity contribution is 0.420. The molecule has 2 rings (SSSR count). The second kappa shape index (κ2) is 6.61. The first kappa shape index (κ1) is 12.4. The fourth-order valence-electron chi connectivity index (χ4n) is 2.20. The molecule has 1 nitrogen and oxygen atoms in total. The Hall–Kier alpha value is -1.08. The highest BCUT2D eigenvalue weighted by atomic mass is 14.8. The average molecular weight is 229 g/mol. The molecule has 0 radical (unpaired) electrons. The zero-order valence-corrected chi connectivity index (χ0v) is 10.8. The Morgan fingerprint density at radius 1 is 1.24 bits per heavy atom. The minimum Gasteiger partial charge on any atom is -0.317 e. The van der Waals surface area contributed by atoms with Crippen LogP contribution >= 0.6 is 0 Å². The predicted molar refractivity (Wildman–Crippen MR) is 75.2 cm³/mol. The molecular weight excluding hydrogens is 206 g/mol. The smallest absolute Gasteiger partial charge is 0.00143 e. The van der Waals surface area contributed by atoms with E-state index in [1.165, 1.54) is 30.4 Å². The first-order valence-electron chi connectivity index (χ1n) is 6.87. The van der Waals surface area contributed by atoms with Crippen LogP contribution in [0.25, 0.3) is 6.08 Å². The largest absolute Gasteiger partial charge is 0.317 e. The summed E-state index contributed by atoms with van der Waals surface area (Å²) >= 11 is 0. The minimum absolute atomic E-state index is 0.849. The molecule has 0 aliphatic heterocycles. The summed E-state index contributed by atoms with van der Waals surface area (Å²) in [5.41, 5.74) is 2.85. The third-order valence-electron chi connectivity index (χ3n) is 3.56. The van der Waals surface area contributed by atoms with Crippen LogP contribution in [-0.4, -0.2) is 13.1 Å². The van der Waals surface area contributed by atoms with E-state index < -0.39 is 0 Å². The summed E-state index contributed by atoms with van der Waals surface area (Å²) in [6.07, 6.45) is 9.77. The molecule has 1 N–H and O–H groups in total. The predicted octanol–water partition coefficient (Wildman–Crippen LogP) is 3.97. The molecule has 1 fully saturated rings. The molecule has 1 aliphatic carbocycles. The number of nitrogens with one attached hydrogen (secondary N) is 1. The molecule has 0 unspecified atom stereocenters. The van der Waals surface area contributed by atoms with E-state index in [4.69, 9.17) is 0 Å². The van der Waals surface area contributed by atoms with Gasteiger partial charge in [-0.3, -0.25) is 0 Å². The van der Waals surface area contributed by atoms with Crippen molar-refractivity contribution in [3.05, 3.63) is 41.5 Å². The van der Waals surface area contributed by atoms with E-state index in [1.54, 1.807) is 0 Å². The zero-order chi connectivity index (χ0) is 11.9. The summed E-state index contributed by atoms with van der Waals surface area (Å²) < 4.78 is 0. The zero-order valence-electron chi connectivity index (χ0n) is 10.8. The molecule has 0 atom stereocenters. The van der Waals surface area contributed by atoms with Gasteiger partial charge in [0.1, 0.15) is 0 Å². The van der Waals surface area contributed by atoms with Crippen LogP contribution in [0.2, 0.25) is 0 Å². The molecule has 1 aliphatic rings. The van der Waals surface area contributed by atoms with Crippen molar-refractivity contribution in [1.29, 1.82) is 0 Å². The normalized spacial score (nSPS) is 16.3. The standard InChI is InChI=1S/C16H23N/c1-2-17-13-4-3-6-14-9-11-16(12-10-14)15-7-5-8-15/h3,6,9-12,15,17H,2,4-5,7-8,13H2,1H3/b6-3+. The average Bonchev–Trinajstić information content (AvgIpc) is 2.29. The minimum atomic E-state index is 0.849. The summed E-state index contributed by atoms with van der Waals surface area (Å²) in [5.74, 6) is 0.849. The van der Waals surface area contributed by atoms with Crippen molar-refractivity contribution in [2.75, 3.05) is 13.1 Å². The SMILES string of the molecule is CCNCC/C=C/c1ccc(C2CCC2)cc1. The summed E-state index contributed by atoms with van der Waals surface area (Å²) in [6, 6.07) is 9.09. The van der Waals surface area contributed by atoms with E-state index in [9.17, 15) is 0 Å². The van der Waals surface area contributed by atoms with Gasteiger partial charge >= 0.3 is 0 Å². The molecule has 17 heavy (non-hydrogen) atoms. The van der Waals surface area contributed by atoms with Crippen molar-refractivity contribution < 1.29 is 0 Å². The number of benzene rings is 1. The molecule has 1 saturated carbocycles. The number of hydrogen-bond acceptors (Lipinski definition) is 1. The van der Waals surface area contributed by atoms with Crippen LogP contribution in [0.3, 0.4) is 0 Å². The van der Waals surface area contributed by atoms with Crippen LogP contribution in [0.15, 0.2) is 30.3 Å². The molecule has 1 aromatic carbocycles. The van der Waals surface area contributed by atoms with Crippen LogP contribution < -0.4 is 5.32 Å². The summed E-state index contributed by atoms with van der Waals surface area (Å²) in [7, 11) is 0. The summed E-state index contributed by atoms with van der Waals surface area (Å²) in [5, 5.41) is 3.32. The Morgan fingerprint density at radius 2 is 2.00 bits per heavy atom. The monoisotopic (exact) mass is 229 g/mol.